The van der Waals surface area contributed by atoms with Gasteiger partial charge in [-0.1, -0.05) is 19.9 Å². The van der Waals surface area contributed by atoms with Gasteiger partial charge in [0.25, 0.3) is 5.69 Å². The summed E-state index contributed by atoms with van der Waals surface area (Å²) in [6, 6.07) is 5.70. The lowest BCUT2D eigenvalue weighted by molar-refractivity contribution is -0.384. The van der Waals surface area contributed by atoms with E-state index in [1.54, 1.807) is 12.1 Å². The van der Waals surface area contributed by atoms with Crippen molar-refractivity contribution >= 4 is 17.3 Å². The predicted octanol–water partition coefficient (Wildman–Crippen LogP) is 2.31. The molecule has 108 valence electrons. The molecule has 0 radical (unpaired) electrons. The molecule has 6 nitrogen and oxygen atoms in total. The van der Waals surface area contributed by atoms with Crippen LogP contribution in [0.3, 0.4) is 0 Å². The summed E-state index contributed by atoms with van der Waals surface area (Å²) in [5, 5.41) is 16.7. The van der Waals surface area contributed by atoms with Gasteiger partial charge in [-0.25, -0.2) is 0 Å². The van der Waals surface area contributed by atoms with E-state index in [1.165, 1.54) is 12.1 Å². The van der Waals surface area contributed by atoms with E-state index in [-0.39, 0.29) is 23.1 Å². The fraction of sp³-hybridized carbons (Fsp3) is 0.500. The number of anilines is 1. The number of non-ortho nitro benzene ring substituents is 1. The van der Waals surface area contributed by atoms with E-state index in [4.69, 9.17) is 0 Å². The maximum atomic E-state index is 12.3. The minimum Gasteiger partial charge on any atom is -0.324 e. The van der Waals surface area contributed by atoms with Gasteiger partial charge in [0, 0.05) is 17.8 Å². The topological polar surface area (TPSA) is 84.3 Å². The Morgan fingerprint density at radius 3 is 2.90 bits per heavy atom. The molecule has 1 atom stereocenters. The van der Waals surface area contributed by atoms with Crippen LogP contribution in [0.15, 0.2) is 24.3 Å². The van der Waals surface area contributed by atoms with Crippen LogP contribution in [0.25, 0.3) is 0 Å². The van der Waals surface area contributed by atoms with E-state index in [0.29, 0.717) is 5.69 Å². The van der Waals surface area contributed by atoms with E-state index in [2.05, 4.69) is 24.5 Å². The summed E-state index contributed by atoms with van der Waals surface area (Å²) in [5.41, 5.74) is 0.300. The third-order valence-corrected chi connectivity index (χ3v) is 3.71. The molecule has 1 amide bonds. The number of hydrogen-bond donors (Lipinski definition) is 2. The van der Waals surface area contributed by atoms with Crippen LogP contribution in [0.4, 0.5) is 11.4 Å². The average molecular weight is 277 g/mol. The number of benzene rings is 1. The normalized spacial score (nSPS) is 21.2. The molecule has 1 saturated heterocycles. The van der Waals surface area contributed by atoms with E-state index in [1.807, 2.05) is 0 Å². The first kappa shape index (κ1) is 14.5. The van der Waals surface area contributed by atoms with Crippen molar-refractivity contribution < 1.29 is 9.72 Å². The molecule has 6 heteroatoms. The van der Waals surface area contributed by atoms with Crippen molar-refractivity contribution in [2.75, 3.05) is 11.9 Å². The van der Waals surface area contributed by atoms with Crippen molar-refractivity contribution in [3.63, 3.8) is 0 Å². The number of hydrogen-bond acceptors (Lipinski definition) is 4. The van der Waals surface area contributed by atoms with Crippen LogP contribution in [0.2, 0.25) is 0 Å². The van der Waals surface area contributed by atoms with Gasteiger partial charge in [0.1, 0.15) is 0 Å². The van der Waals surface area contributed by atoms with E-state index in [0.717, 1.165) is 19.4 Å². The highest BCUT2D eigenvalue weighted by molar-refractivity contribution is 5.95. The molecular weight excluding hydrogens is 258 g/mol. The van der Waals surface area contributed by atoms with E-state index in [9.17, 15) is 14.9 Å². The molecule has 0 saturated carbocycles. The lowest BCUT2D eigenvalue weighted by Crippen LogP contribution is -2.53. The average Bonchev–Trinajstić information content (AvgIpc) is 2.38. The zero-order valence-electron chi connectivity index (χ0n) is 11.7. The number of carbonyl (C=O) groups is 1. The lowest BCUT2D eigenvalue weighted by atomic mass is 9.77. The van der Waals surface area contributed by atoms with Gasteiger partial charge in [-0.15, -0.1) is 0 Å². The van der Waals surface area contributed by atoms with Crippen LogP contribution in [0, 0.1) is 15.5 Å². The van der Waals surface area contributed by atoms with Crippen LogP contribution in [-0.4, -0.2) is 23.4 Å². The highest BCUT2D eigenvalue weighted by Gasteiger charge is 2.37. The Morgan fingerprint density at radius 2 is 2.25 bits per heavy atom. The standard InChI is InChI=1S/C14H19N3O3/c1-14(2)7-4-8-15-12(14)13(18)16-10-5-3-6-11(9-10)17(19)20/h3,5-6,9,12,15H,4,7-8H2,1-2H3,(H,16,18). The van der Waals surface area contributed by atoms with Gasteiger partial charge in [-0.2, -0.15) is 0 Å². The minimum absolute atomic E-state index is 0.0290. The number of piperidine rings is 1. The molecule has 1 aliphatic rings. The molecule has 20 heavy (non-hydrogen) atoms. The summed E-state index contributed by atoms with van der Waals surface area (Å²) in [5.74, 6) is -0.143. The first-order chi connectivity index (χ1) is 9.40. The fourth-order valence-electron chi connectivity index (χ4n) is 2.57. The Kier molecular flexibility index (Phi) is 4.04. The maximum Gasteiger partial charge on any atom is 0.271 e. The molecule has 0 aliphatic carbocycles. The Bertz CT molecular complexity index is 528. The van der Waals surface area contributed by atoms with E-state index >= 15 is 0 Å². The summed E-state index contributed by atoms with van der Waals surface area (Å²) in [4.78, 5) is 22.6. The molecule has 2 rings (SSSR count). The quantitative estimate of drug-likeness (QED) is 0.656. The monoisotopic (exact) mass is 277 g/mol. The zero-order valence-corrected chi connectivity index (χ0v) is 11.7. The lowest BCUT2D eigenvalue weighted by Gasteiger charge is -2.38. The van der Waals surface area contributed by atoms with Crippen molar-refractivity contribution in [2.45, 2.75) is 32.7 Å². The Morgan fingerprint density at radius 1 is 1.50 bits per heavy atom. The van der Waals surface area contributed by atoms with Crippen molar-refractivity contribution in [3.05, 3.63) is 34.4 Å². The van der Waals surface area contributed by atoms with Gasteiger partial charge < -0.3 is 10.6 Å². The van der Waals surface area contributed by atoms with Gasteiger partial charge in [0.05, 0.1) is 11.0 Å². The van der Waals surface area contributed by atoms with Crippen molar-refractivity contribution in [3.8, 4) is 0 Å². The second-order valence-electron chi connectivity index (χ2n) is 5.78. The number of nitrogens with one attached hydrogen (secondary N) is 2. The van der Waals surface area contributed by atoms with Gasteiger partial charge >= 0.3 is 0 Å². The Labute approximate surface area is 117 Å². The molecule has 1 aromatic rings. The molecule has 1 aromatic carbocycles. The molecule has 1 aliphatic heterocycles. The first-order valence-corrected chi connectivity index (χ1v) is 6.69. The zero-order chi connectivity index (χ0) is 14.8. The smallest absolute Gasteiger partial charge is 0.271 e. The highest BCUT2D eigenvalue weighted by atomic mass is 16.6. The molecule has 1 heterocycles. The SMILES string of the molecule is CC1(C)CCCNC1C(=O)Nc1cccc([N+](=O)[O-])c1. The first-order valence-electron chi connectivity index (χ1n) is 6.69. The van der Waals surface area contributed by atoms with Crippen molar-refractivity contribution in [1.29, 1.82) is 0 Å². The van der Waals surface area contributed by atoms with Crippen LogP contribution in [-0.2, 0) is 4.79 Å². The molecule has 0 spiro atoms. The van der Waals surface area contributed by atoms with Crippen LogP contribution in [0.1, 0.15) is 26.7 Å². The van der Waals surface area contributed by atoms with Crippen molar-refractivity contribution in [1.82, 2.24) is 5.32 Å². The Hall–Kier alpha value is -1.95. The summed E-state index contributed by atoms with van der Waals surface area (Å²) in [6.45, 7) is 4.92. The third kappa shape index (κ3) is 3.14. The van der Waals surface area contributed by atoms with Crippen LogP contribution < -0.4 is 10.6 Å². The number of nitro benzene ring substituents is 1. The number of rotatable bonds is 3. The predicted molar refractivity (Wildman–Crippen MR) is 76.5 cm³/mol. The van der Waals surface area contributed by atoms with E-state index < -0.39 is 4.92 Å². The number of amides is 1. The molecule has 2 N–H and O–H groups in total. The number of nitro groups is 1. The van der Waals surface area contributed by atoms with Gasteiger partial charge in [0.2, 0.25) is 5.91 Å². The van der Waals surface area contributed by atoms with Gasteiger partial charge in [0.15, 0.2) is 0 Å². The summed E-state index contributed by atoms with van der Waals surface area (Å²) < 4.78 is 0. The Balaban J connectivity index is 2.11. The largest absolute Gasteiger partial charge is 0.324 e. The van der Waals surface area contributed by atoms with Crippen molar-refractivity contribution in [2.24, 2.45) is 5.41 Å². The minimum atomic E-state index is -0.474. The second kappa shape index (κ2) is 5.58. The molecule has 1 unspecified atom stereocenters. The van der Waals surface area contributed by atoms with Crippen LogP contribution in [0.5, 0.6) is 0 Å². The maximum absolute atomic E-state index is 12.3. The summed E-state index contributed by atoms with van der Waals surface area (Å²) in [6.07, 6.45) is 2.03. The third-order valence-electron chi connectivity index (χ3n) is 3.71. The summed E-state index contributed by atoms with van der Waals surface area (Å²) >= 11 is 0. The molecular formula is C14H19N3O3. The molecule has 1 fully saturated rings. The summed E-state index contributed by atoms with van der Waals surface area (Å²) in [7, 11) is 0. The fourth-order valence-corrected chi connectivity index (χ4v) is 2.57. The molecule has 0 bridgehead atoms. The number of nitrogens with zero attached hydrogens (tertiary/aromatic N) is 1. The second-order valence-corrected chi connectivity index (χ2v) is 5.78. The molecule has 0 aromatic heterocycles. The van der Waals surface area contributed by atoms with Crippen LogP contribution >= 0.6 is 0 Å². The number of carbonyl (C=O) groups excluding carboxylic acids is 1. The highest BCUT2D eigenvalue weighted by Crippen LogP contribution is 2.31. The van der Waals surface area contributed by atoms with Gasteiger partial charge in [-0.3, -0.25) is 14.9 Å². The van der Waals surface area contributed by atoms with Gasteiger partial charge in [-0.05, 0) is 30.9 Å².